The zero-order valence-corrected chi connectivity index (χ0v) is 12.0. The molecule has 1 saturated heterocycles. The van der Waals surface area contributed by atoms with Crippen LogP contribution in [0.2, 0.25) is 0 Å². The summed E-state index contributed by atoms with van der Waals surface area (Å²) in [6.45, 7) is 9.92. The van der Waals surface area contributed by atoms with Crippen molar-refractivity contribution in [2.75, 3.05) is 40.0 Å². The van der Waals surface area contributed by atoms with Crippen LogP contribution in [0.15, 0.2) is 0 Å². The van der Waals surface area contributed by atoms with Gasteiger partial charge >= 0.3 is 5.97 Å². The van der Waals surface area contributed by atoms with Crippen molar-refractivity contribution in [3.63, 3.8) is 0 Å². The summed E-state index contributed by atoms with van der Waals surface area (Å²) in [5.41, 5.74) is 0.0468. The van der Waals surface area contributed by atoms with E-state index in [1.54, 1.807) is 7.05 Å². The Bertz CT molecular complexity index is 269. The molecule has 0 bridgehead atoms. The van der Waals surface area contributed by atoms with Gasteiger partial charge in [0.15, 0.2) is 0 Å². The fourth-order valence-electron chi connectivity index (χ4n) is 2.21. The van der Waals surface area contributed by atoms with E-state index in [1.165, 1.54) is 0 Å². The highest BCUT2D eigenvalue weighted by Gasteiger charge is 2.31. The Labute approximate surface area is 110 Å². The Balaban J connectivity index is 2.44. The van der Waals surface area contributed by atoms with Gasteiger partial charge in [0.25, 0.3) is 0 Å². The third-order valence-corrected chi connectivity index (χ3v) is 3.42. The van der Waals surface area contributed by atoms with Crippen molar-refractivity contribution in [3.8, 4) is 0 Å². The number of hydrogen-bond acceptors (Lipinski definition) is 5. The number of hydrogen-bond donors (Lipinski definition) is 1. The molecular formula is C13H26N2O3. The van der Waals surface area contributed by atoms with E-state index in [1.807, 2.05) is 6.92 Å². The summed E-state index contributed by atoms with van der Waals surface area (Å²) in [6, 6.07) is -0.219. The van der Waals surface area contributed by atoms with Gasteiger partial charge < -0.3 is 14.8 Å². The van der Waals surface area contributed by atoms with E-state index in [0.717, 1.165) is 32.7 Å². The van der Waals surface area contributed by atoms with Gasteiger partial charge in [0.2, 0.25) is 0 Å². The van der Waals surface area contributed by atoms with E-state index in [-0.39, 0.29) is 17.6 Å². The molecule has 1 N–H and O–H groups in total. The largest absolute Gasteiger partial charge is 0.465 e. The Morgan fingerprint density at radius 1 is 1.56 bits per heavy atom. The van der Waals surface area contributed by atoms with Crippen molar-refractivity contribution < 1.29 is 14.3 Å². The number of likely N-dealkylation sites (N-methyl/N-ethyl adjacent to an activating group) is 1. The van der Waals surface area contributed by atoms with E-state index >= 15 is 0 Å². The van der Waals surface area contributed by atoms with Crippen molar-refractivity contribution in [2.45, 2.75) is 38.8 Å². The van der Waals surface area contributed by atoms with Crippen molar-refractivity contribution in [1.82, 2.24) is 10.2 Å². The molecule has 5 heteroatoms. The fraction of sp³-hybridized carbons (Fsp3) is 0.923. The molecule has 0 aliphatic carbocycles. The topological polar surface area (TPSA) is 50.8 Å². The molecule has 1 heterocycles. The predicted octanol–water partition coefficient (Wildman–Crippen LogP) is 0.638. The number of morpholine rings is 1. The van der Waals surface area contributed by atoms with Crippen LogP contribution in [0.4, 0.5) is 0 Å². The molecule has 0 spiro atoms. The van der Waals surface area contributed by atoms with Crippen molar-refractivity contribution in [1.29, 1.82) is 0 Å². The van der Waals surface area contributed by atoms with Gasteiger partial charge in [-0.3, -0.25) is 9.69 Å². The Morgan fingerprint density at radius 3 is 2.83 bits per heavy atom. The van der Waals surface area contributed by atoms with Gasteiger partial charge in [0, 0.05) is 18.6 Å². The average Bonchev–Trinajstić information content (AvgIpc) is 2.32. The average molecular weight is 258 g/mol. The van der Waals surface area contributed by atoms with Crippen molar-refractivity contribution in [2.24, 2.45) is 0 Å². The minimum absolute atomic E-state index is 0.0468. The summed E-state index contributed by atoms with van der Waals surface area (Å²) in [7, 11) is 1.80. The fourth-order valence-corrected chi connectivity index (χ4v) is 2.21. The summed E-state index contributed by atoms with van der Waals surface area (Å²) in [4.78, 5) is 14.1. The number of nitrogens with zero attached hydrogens (tertiary/aromatic N) is 1. The van der Waals surface area contributed by atoms with Crippen LogP contribution in [0.1, 0.15) is 27.2 Å². The molecule has 1 unspecified atom stereocenters. The lowest BCUT2D eigenvalue weighted by Crippen LogP contribution is -2.54. The van der Waals surface area contributed by atoms with Crippen molar-refractivity contribution in [3.05, 3.63) is 0 Å². The quantitative estimate of drug-likeness (QED) is 0.709. The highest BCUT2D eigenvalue weighted by molar-refractivity contribution is 5.75. The van der Waals surface area contributed by atoms with Crippen LogP contribution < -0.4 is 5.32 Å². The summed E-state index contributed by atoms with van der Waals surface area (Å²) in [5.74, 6) is -0.161. The smallest absolute Gasteiger partial charge is 0.323 e. The Hall–Kier alpha value is -0.650. The molecule has 0 aromatic rings. The first-order chi connectivity index (χ1) is 8.51. The van der Waals surface area contributed by atoms with Crippen LogP contribution in [0, 0.1) is 0 Å². The highest BCUT2D eigenvalue weighted by Crippen LogP contribution is 2.19. The number of esters is 1. The molecule has 1 rings (SSSR count). The maximum Gasteiger partial charge on any atom is 0.323 e. The molecule has 0 amide bonds. The molecule has 5 nitrogen and oxygen atoms in total. The first-order valence-electron chi connectivity index (χ1n) is 6.68. The van der Waals surface area contributed by atoms with Gasteiger partial charge in [0.05, 0.1) is 19.8 Å². The van der Waals surface area contributed by atoms with E-state index in [0.29, 0.717) is 6.61 Å². The van der Waals surface area contributed by atoms with Gasteiger partial charge in [-0.25, -0.2) is 0 Å². The summed E-state index contributed by atoms with van der Waals surface area (Å²) in [6.07, 6.45) is 0.763. The minimum Gasteiger partial charge on any atom is -0.465 e. The second-order valence-electron chi connectivity index (χ2n) is 5.23. The monoisotopic (exact) mass is 258 g/mol. The maximum absolute atomic E-state index is 11.7. The molecule has 0 radical (unpaired) electrons. The number of carbonyl (C=O) groups is 1. The number of nitrogens with one attached hydrogen (secondary N) is 1. The highest BCUT2D eigenvalue weighted by atomic mass is 16.5. The standard InChI is InChI=1S/C13H26N2O3/c1-5-18-12(16)11(14-4)6-7-15-8-9-17-10-13(15,2)3/h11,14H,5-10H2,1-4H3. The molecule has 0 saturated carbocycles. The molecule has 1 fully saturated rings. The molecule has 1 aliphatic heterocycles. The van der Waals surface area contributed by atoms with Gasteiger partial charge in [0.1, 0.15) is 6.04 Å². The summed E-state index contributed by atoms with van der Waals surface area (Å²) < 4.78 is 10.5. The van der Waals surface area contributed by atoms with E-state index in [2.05, 4.69) is 24.1 Å². The second-order valence-corrected chi connectivity index (χ2v) is 5.23. The first kappa shape index (κ1) is 15.4. The minimum atomic E-state index is -0.219. The Morgan fingerprint density at radius 2 is 2.28 bits per heavy atom. The lowest BCUT2D eigenvalue weighted by Gasteiger charge is -2.42. The van der Waals surface area contributed by atoms with E-state index in [4.69, 9.17) is 9.47 Å². The van der Waals surface area contributed by atoms with Crippen LogP contribution >= 0.6 is 0 Å². The first-order valence-corrected chi connectivity index (χ1v) is 6.68. The number of ether oxygens (including phenoxy) is 2. The van der Waals surface area contributed by atoms with E-state index < -0.39 is 0 Å². The normalized spacial score (nSPS) is 21.6. The van der Waals surface area contributed by atoms with Gasteiger partial charge in [-0.1, -0.05) is 0 Å². The SMILES string of the molecule is CCOC(=O)C(CCN1CCOCC1(C)C)NC. The molecule has 18 heavy (non-hydrogen) atoms. The third-order valence-electron chi connectivity index (χ3n) is 3.42. The summed E-state index contributed by atoms with van der Waals surface area (Å²) >= 11 is 0. The lowest BCUT2D eigenvalue weighted by molar-refractivity contribution is -0.146. The molecule has 0 aromatic heterocycles. The zero-order chi connectivity index (χ0) is 13.6. The second kappa shape index (κ2) is 7.07. The van der Waals surface area contributed by atoms with Crippen LogP contribution in [-0.4, -0.2) is 62.4 Å². The third kappa shape index (κ3) is 4.23. The van der Waals surface area contributed by atoms with Crippen LogP contribution in [-0.2, 0) is 14.3 Å². The van der Waals surface area contributed by atoms with Gasteiger partial charge in [-0.15, -0.1) is 0 Å². The molecule has 1 atom stereocenters. The molecular weight excluding hydrogens is 232 g/mol. The lowest BCUT2D eigenvalue weighted by atomic mass is 10.0. The van der Waals surface area contributed by atoms with Gasteiger partial charge in [-0.05, 0) is 34.2 Å². The number of carbonyl (C=O) groups excluding carboxylic acids is 1. The maximum atomic E-state index is 11.7. The van der Waals surface area contributed by atoms with E-state index in [9.17, 15) is 4.79 Å². The molecule has 0 aromatic carbocycles. The zero-order valence-electron chi connectivity index (χ0n) is 12.0. The molecule has 106 valence electrons. The van der Waals surface area contributed by atoms with Crippen LogP contribution in [0.3, 0.4) is 0 Å². The summed E-state index contributed by atoms with van der Waals surface area (Å²) in [5, 5.41) is 3.02. The molecule has 1 aliphatic rings. The van der Waals surface area contributed by atoms with Gasteiger partial charge in [-0.2, -0.15) is 0 Å². The Kier molecular flexibility index (Phi) is 6.05. The van der Waals surface area contributed by atoms with Crippen LogP contribution in [0.5, 0.6) is 0 Å². The predicted molar refractivity (Wildman–Crippen MR) is 70.6 cm³/mol. The number of rotatable bonds is 6. The van der Waals surface area contributed by atoms with Crippen LogP contribution in [0.25, 0.3) is 0 Å². The van der Waals surface area contributed by atoms with Crippen molar-refractivity contribution >= 4 is 5.97 Å².